The fraction of sp³-hybridized carbons (Fsp3) is 0.571. The summed E-state index contributed by atoms with van der Waals surface area (Å²) < 4.78 is 47.5. The number of Topliss-reactive ketones (excluding diaryl/α,β-unsaturated/α-hetero) is 1. The van der Waals surface area contributed by atoms with Crippen molar-refractivity contribution in [3.8, 4) is 17.2 Å². The fourth-order valence-electron chi connectivity index (χ4n) is 6.81. The number of ketones is 3. The van der Waals surface area contributed by atoms with Crippen LogP contribution >= 0.6 is 0 Å². The maximum Gasteiger partial charge on any atom is 0.202 e. The number of aliphatic hydroxyl groups is 3. The number of fused-ring (bicyclic) bond motifs is 3. The van der Waals surface area contributed by atoms with E-state index in [4.69, 9.17) is 19.9 Å². The van der Waals surface area contributed by atoms with Gasteiger partial charge in [0.25, 0.3) is 0 Å². The van der Waals surface area contributed by atoms with E-state index in [1.807, 2.05) is 0 Å². The average Bonchev–Trinajstić information content (AvgIpc) is 3.08. The van der Waals surface area contributed by atoms with Crippen molar-refractivity contribution in [1.29, 1.82) is 0 Å². The van der Waals surface area contributed by atoms with E-state index in [9.17, 15) is 52.9 Å². The van der Waals surface area contributed by atoms with Crippen LogP contribution in [0.3, 0.4) is 0 Å². The Hall–Kier alpha value is -3.48. The van der Waals surface area contributed by atoms with Gasteiger partial charge in [0.05, 0.1) is 52.2 Å². The molecule has 2 aliphatic carbocycles. The van der Waals surface area contributed by atoms with Crippen LogP contribution in [0.15, 0.2) is 18.2 Å². The molecule has 6 atom stereocenters. The van der Waals surface area contributed by atoms with Gasteiger partial charge in [-0.05, 0) is 19.4 Å². The van der Waals surface area contributed by atoms with Gasteiger partial charge in [0.1, 0.15) is 29.5 Å². The molecule has 3 aliphatic rings. The maximum absolute atomic E-state index is 13.6. The Morgan fingerprint density at radius 2 is 1.71 bits per heavy atom. The van der Waals surface area contributed by atoms with Crippen molar-refractivity contribution in [1.82, 2.24) is 0 Å². The number of aliphatic hydroxyl groups excluding tert-OH is 2. The molecule has 7 N–H and O–H groups in total. The first-order chi connectivity index (χ1) is 24.0. The lowest BCUT2D eigenvalue weighted by Crippen LogP contribution is -2.53. The number of carbonyl (C=O) groups excluding carboxylic acids is 3. The normalized spacial score (nSPS) is 25.6. The van der Waals surface area contributed by atoms with Gasteiger partial charge in [-0.1, -0.05) is 51.2 Å². The van der Waals surface area contributed by atoms with Crippen molar-refractivity contribution >= 4 is 27.5 Å². The van der Waals surface area contributed by atoms with Crippen LogP contribution < -0.4 is 10.5 Å². The number of phenols is 2. The zero-order valence-corrected chi connectivity index (χ0v) is 29.6. The van der Waals surface area contributed by atoms with Crippen molar-refractivity contribution in [3.05, 3.63) is 51.6 Å². The zero-order valence-electron chi connectivity index (χ0n) is 28.8. The van der Waals surface area contributed by atoms with Crippen LogP contribution in [0.2, 0.25) is 0 Å². The van der Waals surface area contributed by atoms with Crippen molar-refractivity contribution in [3.63, 3.8) is 0 Å². The molecule has 0 amide bonds. The highest BCUT2D eigenvalue weighted by Gasteiger charge is 2.50. The number of hydrogen-bond donors (Lipinski definition) is 6. The second kappa shape index (κ2) is 16.5. The van der Waals surface area contributed by atoms with Gasteiger partial charge in [-0.3, -0.25) is 14.4 Å². The SMILES string of the molecule is CCCCCCCCS(=O)(=O)[O-].COc1cccc2c1C(=O)c1c(O)c3c(c(O)c1C2=O)C[C@@](O)(C(=O)CO)C[C@@H]3O[C@H]1C[C@H](N)[C@H](O)[C@H](C)O1. The van der Waals surface area contributed by atoms with Crippen molar-refractivity contribution < 1.29 is 67.1 Å². The second-order valence-corrected chi connectivity index (χ2v) is 14.7. The van der Waals surface area contributed by atoms with E-state index in [1.54, 1.807) is 6.92 Å². The number of nitrogens with two attached hydrogens (primary N) is 1. The number of phenolic OH excluding ortho intramolecular Hbond substituents is 2. The Morgan fingerprint density at radius 3 is 2.31 bits per heavy atom. The van der Waals surface area contributed by atoms with Crippen LogP contribution in [0.4, 0.5) is 0 Å². The molecule has 2 aromatic carbocycles. The summed E-state index contributed by atoms with van der Waals surface area (Å²) in [5.74, 6) is -3.97. The number of unbranched alkanes of at least 4 members (excludes halogenated alkanes) is 5. The number of methoxy groups -OCH3 is 1. The average molecular weight is 737 g/mol. The van der Waals surface area contributed by atoms with Gasteiger partial charge >= 0.3 is 0 Å². The van der Waals surface area contributed by atoms with Gasteiger partial charge in [0, 0.05) is 47.7 Å². The van der Waals surface area contributed by atoms with E-state index in [2.05, 4.69) is 6.92 Å². The van der Waals surface area contributed by atoms with E-state index in [0.717, 1.165) is 19.3 Å². The maximum atomic E-state index is 13.6. The molecule has 0 radical (unpaired) electrons. The summed E-state index contributed by atoms with van der Waals surface area (Å²) in [6.45, 7) is 2.69. The number of rotatable bonds is 12. The van der Waals surface area contributed by atoms with Crippen molar-refractivity contribution in [2.24, 2.45) is 5.73 Å². The largest absolute Gasteiger partial charge is 0.748 e. The minimum Gasteiger partial charge on any atom is -0.748 e. The van der Waals surface area contributed by atoms with Crippen LogP contribution in [0, 0.1) is 0 Å². The molecule has 2 aromatic rings. The Kier molecular flexibility index (Phi) is 13.0. The van der Waals surface area contributed by atoms with Gasteiger partial charge in [-0.25, -0.2) is 8.42 Å². The monoisotopic (exact) mass is 736 g/mol. The van der Waals surface area contributed by atoms with Crippen molar-refractivity contribution in [2.45, 2.75) is 108 Å². The van der Waals surface area contributed by atoms with E-state index < -0.39 is 106 Å². The number of hydrogen-bond acceptors (Lipinski definition) is 15. The van der Waals surface area contributed by atoms with Crippen LogP contribution in [0.5, 0.6) is 17.2 Å². The van der Waals surface area contributed by atoms with E-state index in [0.29, 0.717) is 6.42 Å². The Balaban J connectivity index is 0.000000417. The summed E-state index contributed by atoms with van der Waals surface area (Å²) >= 11 is 0. The summed E-state index contributed by atoms with van der Waals surface area (Å²) in [5.41, 5.74) is 2.37. The first-order valence-electron chi connectivity index (χ1n) is 16.9. The molecule has 1 aliphatic heterocycles. The highest BCUT2D eigenvalue weighted by Crippen LogP contribution is 2.52. The highest BCUT2D eigenvalue weighted by atomic mass is 32.2. The van der Waals surface area contributed by atoms with E-state index in [-0.39, 0.29) is 40.2 Å². The molecule has 0 bridgehead atoms. The predicted octanol–water partition coefficient (Wildman–Crippen LogP) is 1.89. The number of aromatic hydroxyl groups is 2. The quantitative estimate of drug-likeness (QED) is 0.0881. The lowest BCUT2D eigenvalue weighted by Gasteiger charge is -2.42. The van der Waals surface area contributed by atoms with Crippen LogP contribution in [-0.4, -0.2) is 105 Å². The number of benzene rings is 2. The lowest BCUT2D eigenvalue weighted by molar-refractivity contribution is -0.247. The van der Waals surface area contributed by atoms with Gasteiger partial charge in [-0.2, -0.15) is 0 Å². The molecule has 0 unspecified atom stereocenters. The molecule has 5 rings (SSSR count). The molecule has 1 fully saturated rings. The molecule has 0 spiro atoms. The Labute approximate surface area is 296 Å². The van der Waals surface area contributed by atoms with Gasteiger partial charge in [-0.15, -0.1) is 0 Å². The van der Waals surface area contributed by atoms with Gasteiger partial charge in [0.2, 0.25) is 5.78 Å². The first kappa shape index (κ1) is 40.3. The molecule has 51 heavy (non-hydrogen) atoms. The summed E-state index contributed by atoms with van der Waals surface area (Å²) in [5, 5.41) is 53.7. The van der Waals surface area contributed by atoms with Crippen molar-refractivity contribution in [2.75, 3.05) is 19.5 Å². The van der Waals surface area contributed by atoms with Crippen LogP contribution in [0.1, 0.15) is 114 Å². The molecular formula is C35H46NO14S-. The van der Waals surface area contributed by atoms with Gasteiger partial charge < -0.3 is 50.0 Å². The summed E-state index contributed by atoms with van der Waals surface area (Å²) in [7, 11) is -2.64. The molecular weight excluding hydrogens is 690 g/mol. The second-order valence-electron chi connectivity index (χ2n) is 13.2. The number of carbonyl (C=O) groups is 3. The summed E-state index contributed by atoms with van der Waals surface area (Å²) in [4.78, 5) is 39.7. The Morgan fingerprint density at radius 1 is 1.06 bits per heavy atom. The molecule has 1 saturated heterocycles. The van der Waals surface area contributed by atoms with E-state index >= 15 is 0 Å². The summed E-state index contributed by atoms with van der Waals surface area (Å²) in [6, 6.07) is 3.64. The standard InChI is InChI=1S/C27H29NO11.C8H18O3S/c1-10-22(31)13(28)6-17(38-10)39-15-8-27(36,16(30)9-29)7-12-19(15)26(35)21-20(24(12)33)23(32)11-4-3-5-14(37-2)18(11)25(21)34;1-2-3-4-5-6-7-8-12(9,10)11/h3-5,10,13,15,17,22,29,31,33,35-36H,6-9,28H2,1-2H3;2-8H2,1H3,(H,9,10,11)/p-1/t10-,13-,15-,17-,22+,27-;/m0./s1. The predicted molar refractivity (Wildman–Crippen MR) is 180 cm³/mol. The van der Waals surface area contributed by atoms with Crippen LogP contribution in [-0.2, 0) is 30.8 Å². The molecule has 282 valence electrons. The van der Waals surface area contributed by atoms with Gasteiger partial charge in [0.15, 0.2) is 17.9 Å². The molecule has 0 saturated carbocycles. The Bertz CT molecular complexity index is 1730. The molecule has 0 aromatic heterocycles. The topological polar surface area (TPSA) is 263 Å². The van der Waals surface area contributed by atoms with E-state index in [1.165, 1.54) is 38.2 Å². The third kappa shape index (κ3) is 8.60. The van der Waals surface area contributed by atoms with Crippen LogP contribution in [0.25, 0.3) is 0 Å². The molecule has 15 nitrogen and oxygen atoms in total. The lowest BCUT2D eigenvalue weighted by atomic mass is 9.72. The highest BCUT2D eigenvalue weighted by molar-refractivity contribution is 7.85. The first-order valence-corrected chi connectivity index (χ1v) is 18.5. The summed E-state index contributed by atoms with van der Waals surface area (Å²) in [6.07, 6.45) is 0.835. The minimum atomic E-state index is -3.97. The third-order valence-electron chi connectivity index (χ3n) is 9.55. The number of ether oxygens (including phenoxy) is 3. The smallest absolute Gasteiger partial charge is 0.202 e. The third-order valence-corrected chi connectivity index (χ3v) is 10.3. The fourth-order valence-corrected chi connectivity index (χ4v) is 7.37. The zero-order chi connectivity index (χ0) is 37.8. The molecule has 16 heteroatoms. The molecule has 1 heterocycles. The minimum absolute atomic E-state index is 0.0173.